The lowest BCUT2D eigenvalue weighted by molar-refractivity contribution is -0.128. The number of hydrogen-bond donors (Lipinski definition) is 0. The van der Waals surface area contributed by atoms with Crippen LogP contribution in [0.25, 0.3) is 5.69 Å². The Morgan fingerprint density at radius 2 is 2.08 bits per heavy atom. The Balaban J connectivity index is 1.61. The van der Waals surface area contributed by atoms with Crippen LogP contribution in [0, 0.1) is 0 Å². The smallest absolute Gasteiger partial charge is 0.234 e. The van der Waals surface area contributed by atoms with Gasteiger partial charge in [0.1, 0.15) is 11.1 Å². The monoisotopic (exact) mass is 402 g/mol. The van der Waals surface area contributed by atoms with Crippen molar-refractivity contribution in [2.75, 3.05) is 5.75 Å². The summed E-state index contributed by atoms with van der Waals surface area (Å²) in [6.07, 6.45) is 5.76. The average molecular weight is 403 g/mol. The third-order valence-corrected chi connectivity index (χ3v) is 5.93. The second kappa shape index (κ2) is 6.53. The summed E-state index contributed by atoms with van der Waals surface area (Å²) >= 11 is 5.24. The zero-order valence-corrected chi connectivity index (χ0v) is 15.2. The Hall–Kier alpha value is -1.92. The molecule has 3 aromatic rings. The molecule has 0 saturated carbocycles. The first-order chi connectivity index (χ1) is 11.7. The van der Waals surface area contributed by atoms with Crippen LogP contribution in [0.2, 0.25) is 0 Å². The summed E-state index contributed by atoms with van der Waals surface area (Å²) in [5, 5.41) is 0.0198. The summed E-state index contributed by atoms with van der Waals surface area (Å²) in [6, 6.07) is 13.9. The average Bonchev–Trinajstić information content (AvgIpc) is 3.31. The van der Waals surface area contributed by atoms with Crippen LogP contribution in [0.1, 0.15) is 16.7 Å². The number of hydrogen-bond acceptors (Lipinski definition) is 3. The van der Waals surface area contributed by atoms with Gasteiger partial charge in [-0.15, -0.1) is 11.8 Å². The van der Waals surface area contributed by atoms with Gasteiger partial charge in [0.05, 0.1) is 24.2 Å². The molecule has 0 spiro atoms. The zero-order chi connectivity index (χ0) is 16.5. The van der Waals surface area contributed by atoms with Crippen molar-refractivity contribution in [3.05, 3.63) is 76.9 Å². The molecular weight excluding hydrogens is 388 g/mol. The fourth-order valence-electron chi connectivity index (χ4n) is 2.84. The maximum Gasteiger partial charge on any atom is 0.234 e. The van der Waals surface area contributed by atoms with E-state index in [9.17, 15) is 4.79 Å². The number of carbonyl (C=O) groups is 1. The molecular formula is C18H15BrN2O2S. The highest BCUT2D eigenvalue weighted by Gasteiger charge is 2.33. The molecule has 1 saturated heterocycles. The molecule has 2 aromatic heterocycles. The number of rotatable bonds is 4. The van der Waals surface area contributed by atoms with Gasteiger partial charge < -0.3 is 13.9 Å². The van der Waals surface area contributed by atoms with E-state index in [4.69, 9.17) is 4.42 Å². The lowest BCUT2D eigenvalue weighted by Gasteiger charge is -2.22. The highest BCUT2D eigenvalue weighted by molar-refractivity contribution is 9.10. The molecule has 1 fully saturated rings. The highest BCUT2D eigenvalue weighted by atomic mass is 79.9. The Bertz CT molecular complexity index is 860. The third-order valence-electron chi connectivity index (χ3n) is 4.01. The fraction of sp³-hybridized carbons (Fsp3) is 0.167. The Morgan fingerprint density at radius 3 is 2.88 bits per heavy atom. The standard InChI is InChI=1S/C18H15BrN2O2S/c19-15-5-1-2-6-16(15)20-8-7-13(10-20)18-21(17(22)12-24-18)11-14-4-3-9-23-14/h1-10,18H,11-12H2. The molecule has 0 aliphatic carbocycles. The first-order valence-corrected chi connectivity index (χ1v) is 9.43. The SMILES string of the molecule is O=C1CSC(c2ccn(-c3ccccc3Br)c2)N1Cc1ccco1. The van der Waals surface area contributed by atoms with Crippen molar-refractivity contribution >= 4 is 33.6 Å². The molecule has 0 N–H and O–H groups in total. The van der Waals surface area contributed by atoms with E-state index in [0.29, 0.717) is 12.3 Å². The maximum absolute atomic E-state index is 12.3. The number of nitrogens with zero attached hydrogens (tertiary/aromatic N) is 2. The lowest BCUT2D eigenvalue weighted by Crippen LogP contribution is -2.27. The van der Waals surface area contributed by atoms with E-state index in [1.807, 2.05) is 41.4 Å². The van der Waals surface area contributed by atoms with Crippen molar-refractivity contribution in [1.29, 1.82) is 0 Å². The van der Waals surface area contributed by atoms with Gasteiger partial charge in [-0.1, -0.05) is 12.1 Å². The lowest BCUT2D eigenvalue weighted by atomic mass is 10.3. The summed E-state index contributed by atoms with van der Waals surface area (Å²) < 4.78 is 8.52. The minimum absolute atomic E-state index is 0.0198. The van der Waals surface area contributed by atoms with Gasteiger partial charge >= 0.3 is 0 Å². The number of thioether (sulfide) groups is 1. The molecule has 1 aliphatic heterocycles. The topological polar surface area (TPSA) is 38.4 Å². The molecule has 4 rings (SSSR count). The summed E-state index contributed by atoms with van der Waals surface area (Å²) in [6.45, 7) is 0.504. The summed E-state index contributed by atoms with van der Waals surface area (Å²) in [5.41, 5.74) is 2.20. The van der Waals surface area contributed by atoms with Gasteiger partial charge in [0.15, 0.2) is 0 Å². The van der Waals surface area contributed by atoms with E-state index in [-0.39, 0.29) is 11.3 Å². The molecule has 0 radical (unpaired) electrons. The molecule has 1 aliphatic rings. The van der Waals surface area contributed by atoms with E-state index >= 15 is 0 Å². The molecule has 3 heterocycles. The summed E-state index contributed by atoms with van der Waals surface area (Å²) in [5.74, 6) is 1.46. The Kier molecular flexibility index (Phi) is 4.24. The van der Waals surface area contributed by atoms with E-state index in [1.165, 1.54) is 0 Å². The van der Waals surface area contributed by atoms with Crippen LogP contribution in [0.15, 0.2) is 70.0 Å². The van der Waals surface area contributed by atoms with Crippen molar-refractivity contribution in [3.8, 4) is 5.69 Å². The number of carbonyl (C=O) groups excluding carboxylic acids is 1. The van der Waals surface area contributed by atoms with Crippen molar-refractivity contribution in [3.63, 3.8) is 0 Å². The first kappa shape index (κ1) is 15.6. The molecule has 1 aromatic carbocycles. The van der Waals surface area contributed by atoms with Crippen LogP contribution in [0.5, 0.6) is 0 Å². The van der Waals surface area contributed by atoms with Crippen molar-refractivity contribution in [2.45, 2.75) is 11.9 Å². The molecule has 4 nitrogen and oxygen atoms in total. The van der Waals surface area contributed by atoms with E-state index in [2.05, 4.69) is 38.8 Å². The normalized spacial score (nSPS) is 17.6. The summed E-state index contributed by atoms with van der Waals surface area (Å²) in [4.78, 5) is 14.1. The Morgan fingerprint density at radius 1 is 1.21 bits per heavy atom. The van der Waals surface area contributed by atoms with Crippen molar-refractivity contribution < 1.29 is 9.21 Å². The predicted octanol–water partition coefficient (Wildman–Crippen LogP) is 4.61. The van der Waals surface area contributed by atoms with Gasteiger partial charge in [0, 0.05) is 22.4 Å². The molecule has 122 valence electrons. The number of benzene rings is 1. The fourth-order valence-corrected chi connectivity index (χ4v) is 4.50. The van der Waals surface area contributed by atoms with Crippen molar-refractivity contribution in [2.24, 2.45) is 0 Å². The van der Waals surface area contributed by atoms with Crippen LogP contribution in [-0.2, 0) is 11.3 Å². The van der Waals surface area contributed by atoms with Gasteiger partial charge in [-0.05, 0) is 46.3 Å². The number of para-hydroxylation sites is 1. The largest absolute Gasteiger partial charge is 0.467 e. The second-order valence-corrected chi connectivity index (χ2v) is 7.49. The minimum Gasteiger partial charge on any atom is -0.467 e. The predicted molar refractivity (Wildman–Crippen MR) is 97.9 cm³/mol. The van der Waals surface area contributed by atoms with Crippen LogP contribution in [0.4, 0.5) is 0 Å². The van der Waals surface area contributed by atoms with Crippen LogP contribution >= 0.6 is 27.7 Å². The minimum atomic E-state index is 0.0198. The van der Waals surface area contributed by atoms with Crippen LogP contribution < -0.4 is 0 Å². The Labute approximate surface area is 152 Å². The van der Waals surface area contributed by atoms with Crippen LogP contribution in [0.3, 0.4) is 0 Å². The third kappa shape index (κ3) is 2.91. The number of amides is 1. The second-order valence-electron chi connectivity index (χ2n) is 5.57. The molecule has 0 bridgehead atoms. The van der Waals surface area contributed by atoms with Crippen LogP contribution in [-0.4, -0.2) is 21.1 Å². The maximum atomic E-state index is 12.3. The quantitative estimate of drug-likeness (QED) is 0.639. The van der Waals surface area contributed by atoms with Gasteiger partial charge in [0.2, 0.25) is 5.91 Å². The van der Waals surface area contributed by atoms with Gasteiger partial charge in [-0.2, -0.15) is 0 Å². The van der Waals surface area contributed by atoms with Gasteiger partial charge in [0.25, 0.3) is 0 Å². The van der Waals surface area contributed by atoms with E-state index < -0.39 is 0 Å². The van der Waals surface area contributed by atoms with Gasteiger partial charge in [-0.25, -0.2) is 0 Å². The highest BCUT2D eigenvalue weighted by Crippen LogP contribution is 2.40. The molecule has 1 amide bonds. The molecule has 24 heavy (non-hydrogen) atoms. The van der Waals surface area contributed by atoms with E-state index in [0.717, 1.165) is 21.5 Å². The first-order valence-electron chi connectivity index (χ1n) is 7.58. The molecule has 1 atom stereocenters. The number of furan rings is 1. The van der Waals surface area contributed by atoms with Crippen molar-refractivity contribution in [1.82, 2.24) is 9.47 Å². The number of halogens is 1. The zero-order valence-electron chi connectivity index (χ0n) is 12.8. The number of aromatic nitrogens is 1. The molecule has 6 heteroatoms. The summed E-state index contributed by atoms with van der Waals surface area (Å²) in [7, 11) is 0. The molecule has 1 unspecified atom stereocenters. The van der Waals surface area contributed by atoms with Gasteiger partial charge in [-0.3, -0.25) is 4.79 Å². The van der Waals surface area contributed by atoms with E-state index in [1.54, 1.807) is 18.0 Å².